The lowest BCUT2D eigenvalue weighted by Crippen LogP contribution is -2.63. The zero-order chi connectivity index (χ0) is 9.31. The Bertz CT molecular complexity index is 176. The summed E-state index contributed by atoms with van der Waals surface area (Å²) in [6, 6.07) is 0.642. The molecule has 1 spiro atoms. The number of hydrogen-bond donors (Lipinski definition) is 1. The van der Waals surface area contributed by atoms with E-state index in [1.165, 1.54) is 13.0 Å². The highest BCUT2D eigenvalue weighted by atomic mass is 16.5. The first-order valence-electron chi connectivity index (χ1n) is 5.30. The summed E-state index contributed by atoms with van der Waals surface area (Å²) in [5.41, 5.74) is 0.312. The highest BCUT2D eigenvalue weighted by Crippen LogP contribution is 2.28. The fourth-order valence-electron chi connectivity index (χ4n) is 2.63. The van der Waals surface area contributed by atoms with E-state index < -0.39 is 0 Å². The fourth-order valence-corrected chi connectivity index (χ4v) is 2.63. The van der Waals surface area contributed by atoms with E-state index in [1.807, 2.05) is 0 Å². The van der Waals surface area contributed by atoms with Crippen LogP contribution in [0, 0.1) is 0 Å². The first kappa shape index (κ1) is 9.44. The Morgan fingerprint density at radius 2 is 2.31 bits per heavy atom. The number of nitrogens with one attached hydrogen (secondary N) is 1. The molecule has 0 aromatic rings. The molecule has 0 amide bonds. The van der Waals surface area contributed by atoms with Crippen molar-refractivity contribution >= 4 is 0 Å². The van der Waals surface area contributed by atoms with Gasteiger partial charge in [-0.25, -0.2) is 0 Å². The standard InChI is InChI=1S/C10H20N2O/c1-9(2)12-5-4-11-7-10(12)3-6-13-8-10/h9,11H,3-8H2,1-2H3/t10-/m1/s1. The van der Waals surface area contributed by atoms with Crippen molar-refractivity contribution in [3.8, 4) is 0 Å². The second kappa shape index (κ2) is 3.56. The normalized spacial score (nSPS) is 36.2. The van der Waals surface area contributed by atoms with Crippen molar-refractivity contribution in [1.29, 1.82) is 0 Å². The van der Waals surface area contributed by atoms with Gasteiger partial charge in [-0.1, -0.05) is 0 Å². The van der Waals surface area contributed by atoms with Crippen LogP contribution >= 0.6 is 0 Å². The number of rotatable bonds is 1. The average Bonchev–Trinajstić information content (AvgIpc) is 2.54. The van der Waals surface area contributed by atoms with Crippen LogP contribution in [0.3, 0.4) is 0 Å². The molecule has 2 heterocycles. The third-order valence-electron chi connectivity index (χ3n) is 3.30. The summed E-state index contributed by atoms with van der Waals surface area (Å²) in [6.45, 7) is 9.81. The van der Waals surface area contributed by atoms with Crippen molar-refractivity contribution in [3.63, 3.8) is 0 Å². The topological polar surface area (TPSA) is 24.5 Å². The zero-order valence-electron chi connectivity index (χ0n) is 8.68. The van der Waals surface area contributed by atoms with Crippen molar-refractivity contribution in [2.45, 2.75) is 31.8 Å². The maximum Gasteiger partial charge on any atom is 0.0663 e. The molecular formula is C10H20N2O. The first-order valence-corrected chi connectivity index (χ1v) is 5.30. The van der Waals surface area contributed by atoms with Crippen molar-refractivity contribution < 1.29 is 4.74 Å². The Morgan fingerprint density at radius 3 is 2.92 bits per heavy atom. The van der Waals surface area contributed by atoms with Gasteiger partial charge in [0.05, 0.1) is 12.1 Å². The Labute approximate surface area is 80.4 Å². The summed E-state index contributed by atoms with van der Waals surface area (Å²) < 4.78 is 5.54. The maximum atomic E-state index is 5.54. The summed E-state index contributed by atoms with van der Waals surface area (Å²) in [6.07, 6.45) is 1.19. The predicted molar refractivity (Wildman–Crippen MR) is 52.9 cm³/mol. The van der Waals surface area contributed by atoms with Gasteiger partial charge >= 0.3 is 0 Å². The molecule has 2 saturated heterocycles. The molecular weight excluding hydrogens is 164 g/mol. The van der Waals surface area contributed by atoms with Gasteiger partial charge in [0.15, 0.2) is 0 Å². The fraction of sp³-hybridized carbons (Fsp3) is 1.00. The average molecular weight is 184 g/mol. The summed E-state index contributed by atoms with van der Waals surface area (Å²) in [5.74, 6) is 0. The van der Waals surface area contributed by atoms with Crippen molar-refractivity contribution in [3.05, 3.63) is 0 Å². The Balaban J connectivity index is 2.12. The van der Waals surface area contributed by atoms with Gasteiger partial charge in [-0.15, -0.1) is 0 Å². The molecule has 0 bridgehead atoms. The Hall–Kier alpha value is -0.120. The van der Waals surface area contributed by atoms with E-state index in [4.69, 9.17) is 4.74 Å². The molecule has 0 unspecified atom stereocenters. The number of piperazine rings is 1. The molecule has 2 fully saturated rings. The number of nitrogens with zero attached hydrogens (tertiary/aromatic N) is 1. The molecule has 2 aliphatic heterocycles. The van der Waals surface area contributed by atoms with Gasteiger partial charge in [0, 0.05) is 32.3 Å². The zero-order valence-corrected chi connectivity index (χ0v) is 8.68. The molecule has 0 aromatic carbocycles. The molecule has 0 aromatic heterocycles. The predicted octanol–water partition coefficient (Wildman–Crippen LogP) is 0.459. The Kier molecular flexibility index (Phi) is 2.58. The smallest absolute Gasteiger partial charge is 0.0663 e. The minimum Gasteiger partial charge on any atom is -0.379 e. The molecule has 0 aliphatic carbocycles. The lowest BCUT2D eigenvalue weighted by atomic mass is 9.92. The lowest BCUT2D eigenvalue weighted by molar-refractivity contribution is 0.0215. The first-order chi connectivity index (χ1) is 6.25. The second-order valence-corrected chi connectivity index (χ2v) is 4.49. The summed E-state index contributed by atoms with van der Waals surface area (Å²) >= 11 is 0. The van der Waals surface area contributed by atoms with Gasteiger partial charge in [0.1, 0.15) is 0 Å². The van der Waals surface area contributed by atoms with Crippen LogP contribution in [-0.4, -0.2) is 49.3 Å². The van der Waals surface area contributed by atoms with Crippen LogP contribution < -0.4 is 5.32 Å². The van der Waals surface area contributed by atoms with Gasteiger partial charge in [-0.3, -0.25) is 4.90 Å². The molecule has 2 aliphatic rings. The molecule has 1 atom stereocenters. The monoisotopic (exact) mass is 184 g/mol. The molecule has 1 N–H and O–H groups in total. The van der Waals surface area contributed by atoms with E-state index >= 15 is 0 Å². The van der Waals surface area contributed by atoms with E-state index in [9.17, 15) is 0 Å². The minimum atomic E-state index is 0.312. The van der Waals surface area contributed by atoms with Crippen LogP contribution in [-0.2, 0) is 4.74 Å². The van der Waals surface area contributed by atoms with Crippen molar-refractivity contribution in [2.24, 2.45) is 0 Å². The van der Waals surface area contributed by atoms with E-state index in [1.54, 1.807) is 0 Å². The Morgan fingerprint density at radius 1 is 1.46 bits per heavy atom. The van der Waals surface area contributed by atoms with Crippen LogP contribution in [0.15, 0.2) is 0 Å². The molecule has 3 nitrogen and oxygen atoms in total. The third kappa shape index (κ3) is 1.60. The maximum absolute atomic E-state index is 5.54. The quantitative estimate of drug-likeness (QED) is 0.641. The van der Waals surface area contributed by atoms with E-state index in [0.29, 0.717) is 11.6 Å². The van der Waals surface area contributed by atoms with E-state index in [2.05, 4.69) is 24.1 Å². The van der Waals surface area contributed by atoms with Gasteiger partial charge in [-0.05, 0) is 20.3 Å². The van der Waals surface area contributed by atoms with Crippen LogP contribution in [0.5, 0.6) is 0 Å². The molecule has 76 valence electrons. The largest absolute Gasteiger partial charge is 0.379 e. The van der Waals surface area contributed by atoms with Crippen molar-refractivity contribution in [2.75, 3.05) is 32.8 Å². The van der Waals surface area contributed by atoms with E-state index in [-0.39, 0.29) is 0 Å². The summed E-state index contributed by atoms with van der Waals surface area (Å²) in [4.78, 5) is 2.61. The highest BCUT2D eigenvalue weighted by Gasteiger charge is 2.42. The second-order valence-electron chi connectivity index (χ2n) is 4.49. The van der Waals surface area contributed by atoms with Crippen LogP contribution in [0.4, 0.5) is 0 Å². The molecule has 0 radical (unpaired) electrons. The molecule has 13 heavy (non-hydrogen) atoms. The summed E-state index contributed by atoms with van der Waals surface area (Å²) in [5, 5.41) is 3.48. The van der Waals surface area contributed by atoms with Crippen LogP contribution in [0.25, 0.3) is 0 Å². The minimum absolute atomic E-state index is 0.312. The van der Waals surface area contributed by atoms with Crippen molar-refractivity contribution in [1.82, 2.24) is 10.2 Å². The molecule has 2 rings (SSSR count). The van der Waals surface area contributed by atoms with Crippen LogP contribution in [0.2, 0.25) is 0 Å². The molecule has 0 saturated carbocycles. The van der Waals surface area contributed by atoms with Crippen LogP contribution in [0.1, 0.15) is 20.3 Å². The lowest BCUT2D eigenvalue weighted by Gasteiger charge is -2.46. The number of hydrogen-bond acceptors (Lipinski definition) is 3. The van der Waals surface area contributed by atoms with Gasteiger partial charge in [-0.2, -0.15) is 0 Å². The number of ether oxygens (including phenoxy) is 1. The van der Waals surface area contributed by atoms with Gasteiger partial charge < -0.3 is 10.1 Å². The SMILES string of the molecule is CC(C)N1CCNC[C@@]12CCOC2. The third-order valence-corrected chi connectivity index (χ3v) is 3.30. The highest BCUT2D eigenvalue weighted by molar-refractivity contribution is 4.99. The van der Waals surface area contributed by atoms with E-state index in [0.717, 1.165) is 26.3 Å². The molecule has 3 heteroatoms. The van der Waals surface area contributed by atoms with Gasteiger partial charge in [0.2, 0.25) is 0 Å². The summed E-state index contributed by atoms with van der Waals surface area (Å²) in [7, 11) is 0. The van der Waals surface area contributed by atoms with Gasteiger partial charge in [0.25, 0.3) is 0 Å².